The highest BCUT2D eigenvalue weighted by Gasteiger charge is 2.24. The van der Waals surface area contributed by atoms with Crippen molar-refractivity contribution >= 4 is 5.69 Å². The van der Waals surface area contributed by atoms with Crippen LogP contribution in [0.3, 0.4) is 0 Å². The van der Waals surface area contributed by atoms with Gasteiger partial charge in [0.15, 0.2) is 0 Å². The van der Waals surface area contributed by atoms with Gasteiger partial charge in [-0.2, -0.15) is 0 Å². The minimum absolute atomic E-state index is 0.146. The quantitative estimate of drug-likeness (QED) is 0.883. The first-order valence-electron chi connectivity index (χ1n) is 6.70. The molecular weight excluding hydrogens is 229 g/mol. The number of hydrogen-bond donors (Lipinski definition) is 1. The zero-order valence-corrected chi connectivity index (χ0v) is 11.4. The van der Waals surface area contributed by atoms with Crippen LogP contribution >= 0.6 is 0 Å². The molecular formula is C15H22FNO. The molecule has 18 heavy (non-hydrogen) atoms. The molecule has 0 saturated carbocycles. The summed E-state index contributed by atoms with van der Waals surface area (Å²) in [7, 11) is 0. The Hall–Kier alpha value is -1.09. The number of benzene rings is 1. The predicted molar refractivity (Wildman–Crippen MR) is 72.4 cm³/mol. The van der Waals surface area contributed by atoms with Gasteiger partial charge < -0.3 is 10.1 Å². The maximum Gasteiger partial charge on any atom is 0.128 e. The van der Waals surface area contributed by atoms with Crippen LogP contribution in [0.2, 0.25) is 0 Å². The molecule has 0 bridgehead atoms. The topological polar surface area (TPSA) is 21.3 Å². The lowest BCUT2D eigenvalue weighted by molar-refractivity contribution is -0.0160. The fourth-order valence-electron chi connectivity index (χ4n) is 2.34. The first-order valence-corrected chi connectivity index (χ1v) is 6.70. The Balaban J connectivity index is 1.98. The van der Waals surface area contributed by atoms with E-state index in [0.717, 1.165) is 25.1 Å². The summed E-state index contributed by atoms with van der Waals surface area (Å²) in [6.45, 7) is 6.92. The van der Waals surface area contributed by atoms with E-state index in [0.29, 0.717) is 23.6 Å². The van der Waals surface area contributed by atoms with E-state index in [1.165, 1.54) is 0 Å². The summed E-state index contributed by atoms with van der Waals surface area (Å²) < 4.78 is 19.2. The SMILES string of the molecule is Cc1ccc(NC2CCOC(C(C)C)C2)cc1F. The van der Waals surface area contributed by atoms with Crippen molar-refractivity contribution in [3.05, 3.63) is 29.6 Å². The van der Waals surface area contributed by atoms with Gasteiger partial charge in [-0.15, -0.1) is 0 Å². The summed E-state index contributed by atoms with van der Waals surface area (Å²) in [6.07, 6.45) is 2.29. The minimum Gasteiger partial charge on any atom is -0.382 e. The Labute approximate surface area is 109 Å². The molecule has 2 atom stereocenters. The van der Waals surface area contributed by atoms with E-state index in [9.17, 15) is 4.39 Å². The van der Waals surface area contributed by atoms with Gasteiger partial charge in [0.25, 0.3) is 0 Å². The number of aryl methyl sites for hydroxylation is 1. The van der Waals surface area contributed by atoms with Crippen molar-refractivity contribution in [3.8, 4) is 0 Å². The van der Waals surface area contributed by atoms with Crippen LogP contribution in [0.4, 0.5) is 10.1 Å². The molecule has 1 heterocycles. The van der Waals surface area contributed by atoms with Crippen LogP contribution < -0.4 is 5.32 Å². The maximum atomic E-state index is 13.5. The van der Waals surface area contributed by atoms with Crippen LogP contribution in [0.5, 0.6) is 0 Å². The number of ether oxygens (including phenoxy) is 1. The Bertz CT molecular complexity index is 405. The molecule has 3 heteroatoms. The zero-order chi connectivity index (χ0) is 13.1. The maximum absolute atomic E-state index is 13.5. The molecule has 100 valence electrons. The molecule has 0 amide bonds. The average Bonchev–Trinajstić information content (AvgIpc) is 2.34. The highest BCUT2D eigenvalue weighted by Crippen LogP contribution is 2.23. The van der Waals surface area contributed by atoms with Crippen molar-refractivity contribution in [2.45, 2.75) is 45.8 Å². The molecule has 2 unspecified atom stereocenters. The van der Waals surface area contributed by atoms with Crippen molar-refractivity contribution < 1.29 is 9.13 Å². The summed E-state index contributed by atoms with van der Waals surface area (Å²) in [5.41, 5.74) is 1.56. The van der Waals surface area contributed by atoms with Crippen molar-refractivity contribution in [1.82, 2.24) is 0 Å². The Morgan fingerprint density at radius 1 is 1.39 bits per heavy atom. The van der Waals surface area contributed by atoms with Crippen LogP contribution in [0.15, 0.2) is 18.2 Å². The lowest BCUT2D eigenvalue weighted by atomic mass is 9.95. The molecule has 0 aromatic heterocycles. The molecule has 1 N–H and O–H groups in total. The summed E-state index contributed by atoms with van der Waals surface area (Å²) in [5, 5.41) is 3.41. The van der Waals surface area contributed by atoms with E-state index in [4.69, 9.17) is 4.74 Å². The Morgan fingerprint density at radius 2 is 2.17 bits per heavy atom. The van der Waals surface area contributed by atoms with Gasteiger partial charge in [0, 0.05) is 18.3 Å². The standard InChI is InChI=1S/C15H22FNO/c1-10(2)15-9-13(6-7-18-15)17-12-5-4-11(3)14(16)8-12/h4-5,8,10,13,15,17H,6-7,9H2,1-3H3. The van der Waals surface area contributed by atoms with Crippen molar-refractivity contribution in [3.63, 3.8) is 0 Å². The fourth-order valence-corrected chi connectivity index (χ4v) is 2.34. The van der Waals surface area contributed by atoms with E-state index >= 15 is 0 Å². The molecule has 1 aromatic rings. The van der Waals surface area contributed by atoms with Gasteiger partial charge in [-0.05, 0) is 43.4 Å². The van der Waals surface area contributed by atoms with Gasteiger partial charge >= 0.3 is 0 Å². The van der Waals surface area contributed by atoms with E-state index in [1.54, 1.807) is 13.0 Å². The molecule has 2 rings (SSSR count). The van der Waals surface area contributed by atoms with E-state index in [-0.39, 0.29) is 5.82 Å². The summed E-state index contributed by atoms with van der Waals surface area (Å²) in [4.78, 5) is 0. The second kappa shape index (κ2) is 5.70. The molecule has 1 aliphatic rings. The first kappa shape index (κ1) is 13.3. The van der Waals surface area contributed by atoms with E-state index < -0.39 is 0 Å². The number of rotatable bonds is 3. The monoisotopic (exact) mass is 251 g/mol. The number of hydrogen-bond acceptors (Lipinski definition) is 2. The third kappa shape index (κ3) is 3.22. The van der Waals surface area contributed by atoms with Gasteiger partial charge in [-0.3, -0.25) is 0 Å². The summed E-state index contributed by atoms with van der Waals surface area (Å²) >= 11 is 0. The first-order chi connectivity index (χ1) is 8.56. The van der Waals surface area contributed by atoms with Gasteiger partial charge in [0.2, 0.25) is 0 Å². The molecule has 0 spiro atoms. The van der Waals surface area contributed by atoms with Gasteiger partial charge in [0.05, 0.1) is 6.10 Å². The molecule has 1 saturated heterocycles. The van der Waals surface area contributed by atoms with Crippen LogP contribution in [0, 0.1) is 18.7 Å². The average molecular weight is 251 g/mol. The van der Waals surface area contributed by atoms with Gasteiger partial charge in [-0.25, -0.2) is 4.39 Å². The van der Waals surface area contributed by atoms with Gasteiger partial charge in [0.1, 0.15) is 5.82 Å². The fraction of sp³-hybridized carbons (Fsp3) is 0.600. The normalized spacial score (nSPS) is 24.3. The number of anilines is 1. The van der Waals surface area contributed by atoms with Crippen LogP contribution in [0.25, 0.3) is 0 Å². The molecule has 0 aliphatic carbocycles. The van der Waals surface area contributed by atoms with Crippen molar-refractivity contribution in [2.24, 2.45) is 5.92 Å². The molecule has 2 nitrogen and oxygen atoms in total. The highest BCUT2D eigenvalue weighted by molar-refractivity contribution is 5.46. The smallest absolute Gasteiger partial charge is 0.128 e. The van der Waals surface area contributed by atoms with Crippen LogP contribution in [-0.4, -0.2) is 18.8 Å². The number of nitrogens with one attached hydrogen (secondary N) is 1. The lowest BCUT2D eigenvalue weighted by Gasteiger charge is -2.33. The lowest BCUT2D eigenvalue weighted by Crippen LogP contribution is -2.36. The van der Waals surface area contributed by atoms with E-state index in [1.807, 2.05) is 12.1 Å². The highest BCUT2D eigenvalue weighted by atomic mass is 19.1. The molecule has 1 fully saturated rings. The largest absolute Gasteiger partial charge is 0.382 e. The zero-order valence-electron chi connectivity index (χ0n) is 11.4. The molecule has 1 aliphatic heterocycles. The Kier molecular flexibility index (Phi) is 4.23. The summed E-state index contributed by atoms with van der Waals surface area (Å²) in [5.74, 6) is 0.386. The van der Waals surface area contributed by atoms with Gasteiger partial charge in [-0.1, -0.05) is 19.9 Å². The van der Waals surface area contributed by atoms with E-state index in [2.05, 4.69) is 19.2 Å². The number of halogens is 1. The second-order valence-electron chi connectivity index (χ2n) is 5.48. The van der Waals surface area contributed by atoms with Crippen molar-refractivity contribution in [2.75, 3.05) is 11.9 Å². The molecule has 0 radical (unpaired) electrons. The van der Waals surface area contributed by atoms with Crippen LogP contribution in [-0.2, 0) is 4.74 Å². The summed E-state index contributed by atoms with van der Waals surface area (Å²) in [6, 6.07) is 5.72. The van der Waals surface area contributed by atoms with Crippen molar-refractivity contribution in [1.29, 1.82) is 0 Å². The second-order valence-corrected chi connectivity index (χ2v) is 5.48. The Morgan fingerprint density at radius 3 is 2.83 bits per heavy atom. The third-order valence-electron chi connectivity index (χ3n) is 3.60. The molecule has 1 aromatic carbocycles. The predicted octanol–water partition coefficient (Wildman–Crippen LogP) is 3.75. The van der Waals surface area contributed by atoms with Crippen LogP contribution in [0.1, 0.15) is 32.3 Å². The minimum atomic E-state index is -0.146. The third-order valence-corrected chi connectivity index (χ3v) is 3.60.